The molecule has 0 bridgehead atoms. The molecule has 0 aromatic carbocycles. The van der Waals surface area contributed by atoms with Crippen molar-refractivity contribution in [2.24, 2.45) is 5.73 Å². The first kappa shape index (κ1) is 11.3. The fourth-order valence-corrected chi connectivity index (χ4v) is 1.88. The quantitative estimate of drug-likeness (QED) is 0.657. The topological polar surface area (TPSA) is 57.0 Å². The Balaban J connectivity index is 1.57. The van der Waals surface area contributed by atoms with E-state index in [1.807, 2.05) is 0 Å². The SMILES string of the molecule is N[C@@H]1COC[C@H]1OCCN1CCOCC1. The van der Waals surface area contributed by atoms with Gasteiger partial charge in [0.1, 0.15) is 0 Å². The van der Waals surface area contributed by atoms with Gasteiger partial charge in [-0.2, -0.15) is 0 Å². The first-order chi connectivity index (χ1) is 7.36. The standard InChI is InChI=1S/C10H20N2O3/c11-9-7-14-8-10(9)15-6-3-12-1-4-13-5-2-12/h9-10H,1-8,11H2/t9-,10-/m1/s1. The first-order valence-electron chi connectivity index (χ1n) is 5.61. The highest BCUT2D eigenvalue weighted by atomic mass is 16.5. The molecule has 2 N–H and O–H groups in total. The van der Waals surface area contributed by atoms with E-state index in [-0.39, 0.29) is 12.1 Å². The highest BCUT2D eigenvalue weighted by Gasteiger charge is 2.25. The number of hydrogen-bond donors (Lipinski definition) is 1. The summed E-state index contributed by atoms with van der Waals surface area (Å²) in [5.74, 6) is 0. The van der Waals surface area contributed by atoms with Gasteiger partial charge in [-0.15, -0.1) is 0 Å². The highest BCUT2D eigenvalue weighted by Crippen LogP contribution is 2.07. The van der Waals surface area contributed by atoms with Crippen LogP contribution in [0, 0.1) is 0 Å². The predicted octanol–water partition coefficient (Wildman–Crippen LogP) is -0.939. The van der Waals surface area contributed by atoms with Crippen molar-refractivity contribution in [1.82, 2.24) is 4.90 Å². The van der Waals surface area contributed by atoms with E-state index in [0.29, 0.717) is 13.2 Å². The summed E-state index contributed by atoms with van der Waals surface area (Å²) in [6.45, 7) is 6.67. The Morgan fingerprint density at radius 3 is 2.67 bits per heavy atom. The van der Waals surface area contributed by atoms with E-state index >= 15 is 0 Å². The second-order valence-electron chi connectivity index (χ2n) is 4.06. The Kier molecular flexibility index (Phi) is 4.34. The normalized spacial score (nSPS) is 33.4. The molecule has 15 heavy (non-hydrogen) atoms. The zero-order chi connectivity index (χ0) is 10.5. The van der Waals surface area contributed by atoms with Crippen LogP contribution in [0.1, 0.15) is 0 Å². The third kappa shape index (κ3) is 3.39. The third-order valence-electron chi connectivity index (χ3n) is 2.91. The summed E-state index contributed by atoms with van der Waals surface area (Å²) < 4.78 is 16.2. The Bertz CT molecular complexity index is 186. The van der Waals surface area contributed by atoms with Crippen LogP contribution in [-0.2, 0) is 14.2 Å². The Hall–Kier alpha value is -0.200. The second kappa shape index (κ2) is 5.77. The predicted molar refractivity (Wildman–Crippen MR) is 55.8 cm³/mol. The minimum Gasteiger partial charge on any atom is -0.379 e. The Morgan fingerprint density at radius 2 is 2.00 bits per heavy atom. The minimum atomic E-state index is 0.0506. The molecule has 0 radical (unpaired) electrons. The molecule has 0 saturated carbocycles. The van der Waals surface area contributed by atoms with Crippen molar-refractivity contribution in [3.05, 3.63) is 0 Å². The number of morpholine rings is 1. The van der Waals surface area contributed by atoms with Gasteiger partial charge >= 0.3 is 0 Å². The summed E-state index contributed by atoms with van der Waals surface area (Å²) >= 11 is 0. The van der Waals surface area contributed by atoms with Crippen molar-refractivity contribution in [2.75, 3.05) is 52.7 Å². The molecule has 2 rings (SSSR count). The maximum atomic E-state index is 5.81. The lowest BCUT2D eigenvalue weighted by atomic mass is 10.2. The molecule has 0 aromatic heterocycles. The van der Waals surface area contributed by atoms with Gasteiger partial charge in [-0.1, -0.05) is 0 Å². The van der Waals surface area contributed by atoms with Crippen molar-refractivity contribution in [2.45, 2.75) is 12.1 Å². The highest BCUT2D eigenvalue weighted by molar-refractivity contribution is 4.78. The smallest absolute Gasteiger partial charge is 0.0981 e. The van der Waals surface area contributed by atoms with E-state index in [4.69, 9.17) is 19.9 Å². The monoisotopic (exact) mass is 216 g/mol. The van der Waals surface area contributed by atoms with Crippen LogP contribution < -0.4 is 5.73 Å². The van der Waals surface area contributed by atoms with Crippen LogP contribution >= 0.6 is 0 Å². The van der Waals surface area contributed by atoms with Gasteiger partial charge in [0.25, 0.3) is 0 Å². The van der Waals surface area contributed by atoms with Crippen LogP contribution in [0.15, 0.2) is 0 Å². The second-order valence-corrected chi connectivity index (χ2v) is 4.06. The van der Waals surface area contributed by atoms with Crippen molar-refractivity contribution >= 4 is 0 Å². The van der Waals surface area contributed by atoms with Crippen molar-refractivity contribution < 1.29 is 14.2 Å². The Labute approximate surface area is 90.5 Å². The van der Waals surface area contributed by atoms with Gasteiger partial charge in [-0.05, 0) is 0 Å². The molecule has 0 aliphatic carbocycles. The molecule has 5 nitrogen and oxygen atoms in total. The molecule has 2 aliphatic heterocycles. The zero-order valence-electron chi connectivity index (χ0n) is 9.06. The largest absolute Gasteiger partial charge is 0.379 e. The fourth-order valence-electron chi connectivity index (χ4n) is 1.88. The third-order valence-corrected chi connectivity index (χ3v) is 2.91. The van der Waals surface area contributed by atoms with E-state index in [1.54, 1.807) is 0 Å². The molecule has 2 fully saturated rings. The van der Waals surface area contributed by atoms with Gasteiger partial charge in [0.2, 0.25) is 0 Å². The maximum Gasteiger partial charge on any atom is 0.0981 e. The molecule has 0 unspecified atom stereocenters. The zero-order valence-corrected chi connectivity index (χ0v) is 9.06. The average Bonchev–Trinajstić information content (AvgIpc) is 2.66. The summed E-state index contributed by atoms with van der Waals surface area (Å²) in [7, 11) is 0. The van der Waals surface area contributed by atoms with Gasteiger partial charge in [0.05, 0.1) is 45.2 Å². The summed E-state index contributed by atoms with van der Waals surface area (Å²) in [6.07, 6.45) is 0.0889. The lowest BCUT2D eigenvalue weighted by molar-refractivity contribution is -0.00313. The minimum absolute atomic E-state index is 0.0506. The number of rotatable bonds is 4. The van der Waals surface area contributed by atoms with E-state index in [9.17, 15) is 0 Å². The molecule has 2 atom stereocenters. The first-order valence-corrected chi connectivity index (χ1v) is 5.61. The number of nitrogens with two attached hydrogens (primary N) is 1. The lowest BCUT2D eigenvalue weighted by Gasteiger charge is -2.27. The number of hydrogen-bond acceptors (Lipinski definition) is 5. The average molecular weight is 216 g/mol. The van der Waals surface area contributed by atoms with Gasteiger partial charge in [-0.3, -0.25) is 4.90 Å². The van der Waals surface area contributed by atoms with Crippen LogP contribution in [-0.4, -0.2) is 69.7 Å². The molecular weight excluding hydrogens is 196 g/mol. The molecule has 5 heteroatoms. The summed E-state index contributed by atoms with van der Waals surface area (Å²) in [5, 5.41) is 0. The van der Waals surface area contributed by atoms with Crippen LogP contribution in [0.2, 0.25) is 0 Å². The van der Waals surface area contributed by atoms with Gasteiger partial charge < -0.3 is 19.9 Å². The summed E-state index contributed by atoms with van der Waals surface area (Å²) in [4.78, 5) is 2.35. The summed E-state index contributed by atoms with van der Waals surface area (Å²) in [6, 6.07) is 0.0506. The molecule has 88 valence electrons. The Morgan fingerprint density at radius 1 is 1.20 bits per heavy atom. The van der Waals surface area contributed by atoms with E-state index in [1.165, 1.54) is 0 Å². The lowest BCUT2D eigenvalue weighted by Crippen LogP contribution is -2.40. The van der Waals surface area contributed by atoms with Gasteiger partial charge in [0, 0.05) is 19.6 Å². The summed E-state index contributed by atoms with van der Waals surface area (Å²) in [5.41, 5.74) is 5.81. The molecule has 0 amide bonds. The van der Waals surface area contributed by atoms with E-state index in [0.717, 1.165) is 39.5 Å². The fraction of sp³-hybridized carbons (Fsp3) is 1.00. The molecule has 0 aromatic rings. The number of nitrogens with zero attached hydrogens (tertiary/aromatic N) is 1. The molecular formula is C10H20N2O3. The molecule has 2 heterocycles. The van der Waals surface area contributed by atoms with Gasteiger partial charge in [0.15, 0.2) is 0 Å². The van der Waals surface area contributed by atoms with Gasteiger partial charge in [-0.25, -0.2) is 0 Å². The number of ether oxygens (including phenoxy) is 3. The maximum absolute atomic E-state index is 5.81. The van der Waals surface area contributed by atoms with E-state index in [2.05, 4.69) is 4.90 Å². The van der Waals surface area contributed by atoms with Crippen molar-refractivity contribution in [3.8, 4) is 0 Å². The van der Waals surface area contributed by atoms with Crippen molar-refractivity contribution in [3.63, 3.8) is 0 Å². The molecule has 2 aliphatic rings. The van der Waals surface area contributed by atoms with Crippen LogP contribution in [0.3, 0.4) is 0 Å². The van der Waals surface area contributed by atoms with Crippen LogP contribution in [0.4, 0.5) is 0 Å². The molecule has 2 saturated heterocycles. The van der Waals surface area contributed by atoms with E-state index < -0.39 is 0 Å². The van der Waals surface area contributed by atoms with Crippen LogP contribution in [0.5, 0.6) is 0 Å². The molecule has 0 spiro atoms. The van der Waals surface area contributed by atoms with Crippen LogP contribution in [0.25, 0.3) is 0 Å². The van der Waals surface area contributed by atoms with Crippen molar-refractivity contribution in [1.29, 1.82) is 0 Å².